The van der Waals surface area contributed by atoms with Gasteiger partial charge in [-0.25, -0.2) is 0 Å². The van der Waals surface area contributed by atoms with Crippen molar-refractivity contribution in [1.29, 1.82) is 0 Å². The van der Waals surface area contributed by atoms with Crippen molar-refractivity contribution >= 4 is 5.91 Å². The minimum absolute atomic E-state index is 0.142. The molecule has 0 saturated carbocycles. The van der Waals surface area contributed by atoms with E-state index in [1.165, 1.54) is 19.3 Å². The van der Waals surface area contributed by atoms with E-state index in [1.807, 2.05) is 11.9 Å². The molecule has 3 nitrogen and oxygen atoms in total. The van der Waals surface area contributed by atoms with Crippen LogP contribution in [-0.4, -0.2) is 37.0 Å². The van der Waals surface area contributed by atoms with Crippen molar-refractivity contribution in [2.45, 2.75) is 52.5 Å². The van der Waals surface area contributed by atoms with E-state index in [9.17, 15) is 4.79 Å². The van der Waals surface area contributed by atoms with E-state index in [4.69, 9.17) is 0 Å². The first-order valence-electron chi connectivity index (χ1n) is 6.08. The van der Waals surface area contributed by atoms with Crippen molar-refractivity contribution in [2.75, 3.05) is 20.1 Å². The molecule has 1 unspecified atom stereocenters. The van der Waals surface area contributed by atoms with E-state index in [1.54, 1.807) is 0 Å². The summed E-state index contributed by atoms with van der Waals surface area (Å²) in [5.74, 6) is 0.142. The van der Waals surface area contributed by atoms with Gasteiger partial charge in [-0.3, -0.25) is 9.69 Å². The number of nitrogens with zero attached hydrogens (tertiary/aromatic N) is 1. The van der Waals surface area contributed by atoms with Crippen LogP contribution in [-0.2, 0) is 4.79 Å². The molecule has 0 radical (unpaired) electrons. The Morgan fingerprint density at radius 1 is 1.33 bits per heavy atom. The van der Waals surface area contributed by atoms with Gasteiger partial charge in [0, 0.05) is 6.04 Å². The molecule has 1 atom stereocenters. The Bertz CT molecular complexity index is 171. The highest BCUT2D eigenvalue weighted by atomic mass is 16.2. The lowest BCUT2D eigenvalue weighted by molar-refractivity contribution is -0.122. The van der Waals surface area contributed by atoms with Gasteiger partial charge < -0.3 is 5.32 Å². The number of carbonyl (C=O) groups excluding carboxylic acids is 1. The fourth-order valence-corrected chi connectivity index (χ4v) is 1.45. The topological polar surface area (TPSA) is 32.3 Å². The maximum absolute atomic E-state index is 11.5. The summed E-state index contributed by atoms with van der Waals surface area (Å²) >= 11 is 0. The molecule has 0 aromatic heterocycles. The number of likely N-dealkylation sites (N-methyl/N-ethyl adjacent to an activating group) is 1. The smallest absolute Gasteiger partial charge is 0.234 e. The van der Waals surface area contributed by atoms with Crippen molar-refractivity contribution in [1.82, 2.24) is 10.2 Å². The Balaban J connectivity index is 3.57. The number of amides is 1. The van der Waals surface area contributed by atoms with Gasteiger partial charge in [0.1, 0.15) is 0 Å². The Kier molecular flexibility index (Phi) is 8.38. The molecule has 0 fully saturated rings. The molecule has 1 amide bonds. The molecule has 1 N–H and O–H groups in total. The fourth-order valence-electron chi connectivity index (χ4n) is 1.45. The van der Waals surface area contributed by atoms with Crippen LogP contribution in [0.3, 0.4) is 0 Å². The first-order chi connectivity index (χ1) is 7.10. The molecule has 0 heterocycles. The molecule has 0 aromatic rings. The summed E-state index contributed by atoms with van der Waals surface area (Å²) in [6.07, 6.45) is 4.80. The van der Waals surface area contributed by atoms with Crippen LogP contribution in [0.2, 0.25) is 0 Å². The average molecular weight is 214 g/mol. The second-order valence-electron chi connectivity index (χ2n) is 4.29. The predicted octanol–water partition coefficient (Wildman–Crippen LogP) is 2.02. The molecular weight excluding hydrogens is 188 g/mol. The summed E-state index contributed by atoms with van der Waals surface area (Å²) in [5, 5.41) is 3.02. The number of carbonyl (C=O) groups is 1. The first-order valence-corrected chi connectivity index (χ1v) is 6.08. The third-order valence-corrected chi connectivity index (χ3v) is 2.60. The van der Waals surface area contributed by atoms with E-state index >= 15 is 0 Å². The summed E-state index contributed by atoms with van der Waals surface area (Å²) in [6.45, 7) is 7.75. The van der Waals surface area contributed by atoms with Gasteiger partial charge in [-0.2, -0.15) is 0 Å². The lowest BCUT2D eigenvalue weighted by atomic mass is 10.1. The molecule has 15 heavy (non-hydrogen) atoms. The van der Waals surface area contributed by atoms with Crippen LogP contribution in [0.4, 0.5) is 0 Å². The van der Waals surface area contributed by atoms with Crippen molar-refractivity contribution in [3.8, 4) is 0 Å². The largest absolute Gasteiger partial charge is 0.353 e. The van der Waals surface area contributed by atoms with Crippen LogP contribution in [0.1, 0.15) is 46.5 Å². The maximum atomic E-state index is 11.5. The molecule has 0 aromatic carbocycles. The highest BCUT2D eigenvalue weighted by Gasteiger charge is 2.08. The molecule has 0 aliphatic heterocycles. The first kappa shape index (κ1) is 14.4. The van der Waals surface area contributed by atoms with Crippen LogP contribution in [0.25, 0.3) is 0 Å². The Morgan fingerprint density at radius 2 is 2.00 bits per heavy atom. The van der Waals surface area contributed by atoms with E-state index in [0.717, 1.165) is 13.0 Å². The monoisotopic (exact) mass is 214 g/mol. The summed E-state index contributed by atoms with van der Waals surface area (Å²) in [6, 6.07) is 0.314. The van der Waals surface area contributed by atoms with Gasteiger partial charge in [0.25, 0.3) is 0 Å². The summed E-state index contributed by atoms with van der Waals surface area (Å²) in [5.41, 5.74) is 0. The van der Waals surface area contributed by atoms with Gasteiger partial charge in [-0.05, 0) is 26.9 Å². The molecule has 0 saturated heterocycles. The molecule has 0 aliphatic carbocycles. The fraction of sp³-hybridized carbons (Fsp3) is 0.917. The standard InChI is InChI=1S/C12H26N2O/c1-5-7-8-9-11(3)13-12(15)10-14(4)6-2/h11H,5-10H2,1-4H3,(H,13,15). The lowest BCUT2D eigenvalue weighted by Crippen LogP contribution is -2.39. The van der Waals surface area contributed by atoms with Crippen molar-refractivity contribution < 1.29 is 4.79 Å². The lowest BCUT2D eigenvalue weighted by Gasteiger charge is -2.17. The minimum atomic E-state index is 0.142. The van der Waals surface area contributed by atoms with Gasteiger partial charge in [0.15, 0.2) is 0 Å². The molecule has 0 bridgehead atoms. The molecule has 3 heteroatoms. The van der Waals surface area contributed by atoms with Crippen molar-refractivity contribution in [3.63, 3.8) is 0 Å². The van der Waals surface area contributed by atoms with Crippen LogP contribution >= 0.6 is 0 Å². The van der Waals surface area contributed by atoms with Crippen LogP contribution in [0.15, 0.2) is 0 Å². The van der Waals surface area contributed by atoms with Crippen LogP contribution < -0.4 is 5.32 Å². The maximum Gasteiger partial charge on any atom is 0.234 e. The predicted molar refractivity (Wildman–Crippen MR) is 64.9 cm³/mol. The van der Waals surface area contributed by atoms with Crippen LogP contribution in [0.5, 0.6) is 0 Å². The molecule has 0 aliphatic rings. The number of hydrogen-bond acceptors (Lipinski definition) is 2. The average Bonchev–Trinajstić information content (AvgIpc) is 2.17. The molecule has 90 valence electrons. The van der Waals surface area contributed by atoms with Crippen molar-refractivity contribution in [3.05, 3.63) is 0 Å². The second-order valence-corrected chi connectivity index (χ2v) is 4.29. The third kappa shape index (κ3) is 8.43. The number of nitrogens with one attached hydrogen (secondary N) is 1. The van der Waals surface area contributed by atoms with E-state index in [-0.39, 0.29) is 5.91 Å². The number of rotatable bonds is 8. The van der Waals surface area contributed by atoms with Gasteiger partial charge >= 0.3 is 0 Å². The zero-order valence-electron chi connectivity index (χ0n) is 10.7. The normalized spacial score (nSPS) is 12.9. The Morgan fingerprint density at radius 3 is 2.53 bits per heavy atom. The van der Waals surface area contributed by atoms with E-state index in [0.29, 0.717) is 12.6 Å². The van der Waals surface area contributed by atoms with Gasteiger partial charge in [-0.1, -0.05) is 33.1 Å². The van der Waals surface area contributed by atoms with Crippen LogP contribution in [0, 0.1) is 0 Å². The summed E-state index contributed by atoms with van der Waals surface area (Å²) < 4.78 is 0. The molecular formula is C12H26N2O. The second kappa shape index (κ2) is 8.72. The quantitative estimate of drug-likeness (QED) is 0.627. The Hall–Kier alpha value is -0.570. The zero-order valence-corrected chi connectivity index (χ0v) is 10.7. The minimum Gasteiger partial charge on any atom is -0.353 e. The Labute approximate surface area is 94.2 Å². The van der Waals surface area contributed by atoms with Gasteiger partial charge in [-0.15, -0.1) is 0 Å². The highest BCUT2D eigenvalue weighted by Crippen LogP contribution is 2.02. The molecule has 0 rings (SSSR count). The number of hydrogen-bond donors (Lipinski definition) is 1. The zero-order chi connectivity index (χ0) is 11.7. The van der Waals surface area contributed by atoms with Gasteiger partial charge in [0.05, 0.1) is 6.54 Å². The van der Waals surface area contributed by atoms with E-state index in [2.05, 4.69) is 26.1 Å². The SMILES string of the molecule is CCCCCC(C)NC(=O)CN(C)CC. The summed E-state index contributed by atoms with van der Waals surface area (Å²) in [7, 11) is 1.96. The summed E-state index contributed by atoms with van der Waals surface area (Å²) in [4.78, 5) is 13.5. The van der Waals surface area contributed by atoms with Gasteiger partial charge in [0.2, 0.25) is 5.91 Å². The number of unbranched alkanes of at least 4 members (excludes halogenated alkanes) is 2. The third-order valence-electron chi connectivity index (χ3n) is 2.60. The highest BCUT2D eigenvalue weighted by molar-refractivity contribution is 5.78. The molecule has 0 spiro atoms. The van der Waals surface area contributed by atoms with Crippen molar-refractivity contribution in [2.24, 2.45) is 0 Å². The van der Waals surface area contributed by atoms with E-state index < -0.39 is 0 Å².